The molecular formula is C15H24N2O. The molecule has 0 saturated carbocycles. The summed E-state index contributed by atoms with van der Waals surface area (Å²) in [5.74, 6) is 0. The van der Waals surface area contributed by atoms with Gasteiger partial charge in [-0.15, -0.1) is 0 Å². The Labute approximate surface area is 110 Å². The predicted octanol–water partition coefficient (Wildman–Crippen LogP) is 1.57. The van der Waals surface area contributed by atoms with Crippen molar-refractivity contribution in [2.45, 2.75) is 32.5 Å². The van der Waals surface area contributed by atoms with Crippen molar-refractivity contribution in [3.05, 3.63) is 35.9 Å². The van der Waals surface area contributed by atoms with Crippen LogP contribution >= 0.6 is 0 Å². The van der Waals surface area contributed by atoms with E-state index in [-0.39, 0.29) is 6.10 Å². The van der Waals surface area contributed by atoms with Gasteiger partial charge in [-0.1, -0.05) is 44.2 Å². The van der Waals surface area contributed by atoms with Gasteiger partial charge in [0.1, 0.15) is 0 Å². The number of likely N-dealkylation sites (tertiary alicyclic amines) is 1. The third-order valence-electron chi connectivity index (χ3n) is 3.87. The summed E-state index contributed by atoms with van der Waals surface area (Å²) in [6.45, 7) is 9.05. The molecule has 0 radical (unpaired) electrons. The lowest BCUT2D eigenvalue weighted by Gasteiger charge is -2.28. The van der Waals surface area contributed by atoms with E-state index in [0.29, 0.717) is 6.04 Å². The lowest BCUT2D eigenvalue weighted by molar-refractivity contribution is 0.0895. The molecule has 1 aliphatic heterocycles. The molecule has 0 bridgehead atoms. The van der Waals surface area contributed by atoms with Crippen molar-refractivity contribution in [3.8, 4) is 0 Å². The third-order valence-corrected chi connectivity index (χ3v) is 3.87. The van der Waals surface area contributed by atoms with Gasteiger partial charge in [0.25, 0.3) is 0 Å². The fourth-order valence-electron chi connectivity index (χ4n) is 2.87. The highest BCUT2D eigenvalue weighted by Gasteiger charge is 2.34. The Kier molecular flexibility index (Phi) is 4.75. The maximum absolute atomic E-state index is 10.2. The van der Waals surface area contributed by atoms with E-state index in [4.69, 9.17) is 0 Å². The van der Waals surface area contributed by atoms with Gasteiger partial charge in [-0.05, 0) is 18.7 Å². The van der Waals surface area contributed by atoms with E-state index in [1.165, 1.54) is 5.56 Å². The second-order valence-electron chi connectivity index (χ2n) is 5.04. The summed E-state index contributed by atoms with van der Waals surface area (Å²) in [4.78, 5) is 4.71. The lowest BCUT2D eigenvalue weighted by Crippen LogP contribution is -2.43. The quantitative estimate of drug-likeness (QED) is 0.857. The van der Waals surface area contributed by atoms with E-state index in [0.717, 1.165) is 32.7 Å². The van der Waals surface area contributed by atoms with Gasteiger partial charge in [0.15, 0.2) is 0 Å². The standard InChI is InChI=1S/C15H24N2O/c1-3-17(4-2)14-11-16(12-15(14)18)10-13-8-6-5-7-9-13/h5-9,14-15,18H,3-4,10-12H2,1-2H3/t14-,15-/m1/s1. The molecule has 2 atom stereocenters. The molecule has 0 unspecified atom stereocenters. The van der Waals surface area contributed by atoms with Gasteiger partial charge in [-0.3, -0.25) is 9.80 Å². The molecule has 3 heteroatoms. The lowest BCUT2D eigenvalue weighted by atomic mass is 10.2. The maximum Gasteiger partial charge on any atom is 0.0834 e. The molecular weight excluding hydrogens is 224 g/mol. The predicted molar refractivity (Wildman–Crippen MR) is 74.4 cm³/mol. The van der Waals surface area contributed by atoms with Crippen LogP contribution in [0.5, 0.6) is 0 Å². The van der Waals surface area contributed by atoms with E-state index in [1.54, 1.807) is 0 Å². The summed E-state index contributed by atoms with van der Waals surface area (Å²) in [7, 11) is 0. The number of nitrogens with zero attached hydrogens (tertiary/aromatic N) is 2. The zero-order chi connectivity index (χ0) is 13.0. The van der Waals surface area contributed by atoms with Gasteiger partial charge in [-0.2, -0.15) is 0 Å². The van der Waals surface area contributed by atoms with Crippen molar-refractivity contribution in [3.63, 3.8) is 0 Å². The Balaban J connectivity index is 1.94. The molecule has 0 aliphatic carbocycles. The molecule has 1 saturated heterocycles. The van der Waals surface area contributed by atoms with Gasteiger partial charge in [0.2, 0.25) is 0 Å². The molecule has 0 aromatic heterocycles. The normalized spacial score (nSPS) is 24.9. The van der Waals surface area contributed by atoms with Gasteiger partial charge >= 0.3 is 0 Å². The fourth-order valence-corrected chi connectivity index (χ4v) is 2.87. The molecule has 100 valence electrons. The molecule has 1 aromatic rings. The van der Waals surface area contributed by atoms with Crippen LogP contribution in [0.25, 0.3) is 0 Å². The Morgan fingerprint density at radius 3 is 2.44 bits per heavy atom. The average Bonchev–Trinajstić information content (AvgIpc) is 2.73. The third kappa shape index (κ3) is 3.10. The second-order valence-corrected chi connectivity index (χ2v) is 5.04. The van der Waals surface area contributed by atoms with E-state index < -0.39 is 0 Å². The van der Waals surface area contributed by atoms with Crippen LogP contribution in [0.15, 0.2) is 30.3 Å². The average molecular weight is 248 g/mol. The minimum absolute atomic E-state index is 0.214. The van der Waals surface area contributed by atoms with Crippen LogP contribution in [0.2, 0.25) is 0 Å². The molecule has 18 heavy (non-hydrogen) atoms. The zero-order valence-electron chi connectivity index (χ0n) is 11.4. The monoisotopic (exact) mass is 248 g/mol. The molecule has 1 aliphatic rings. The first kappa shape index (κ1) is 13.5. The van der Waals surface area contributed by atoms with Crippen LogP contribution < -0.4 is 0 Å². The highest BCUT2D eigenvalue weighted by Crippen LogP contribution is 2.18. The van der Waals surface area contributed by atoms with Gasteiger partial charge < -0.3 is 5.11 Å². The van der Waals surface area contributed by atoms with Crippen molar-refractivity contribution >= 4 is 0 Å². The smallest absolute Gasteiger partial charge is 0.0834 e. The molecule has 0 amide bonds. The molecule has 1 aromatic carbocycles. The highest BCUT2D eigenvalue weighted by molar-refractivity contribution is 5.15. The minimum atomic E-state index is -0.214. The number of rotatable bonds is 5. The number of hydrogen-bond donors (Lipinski definition) is 1. The van der Waals surface area contributed by atoms with Crippen LogP contribution in [0.1, 0.15) is 19.4 Å². The number of aliphatic hydroxyl groups excluding tert-OH is 1. The van der Waals surface area contributed by atoms with Crippen molar-refractivity contribution in [2.75, 3.05) is 26.2 Å². The summed E-state index contributed by atoms with van der Waals surface area (Å²) in [5.41, 5.74) is 1.32. The molecule has 1 heterocycles. The number of likely N-dealkylation sites (N-methyl/N-ethyl adjacent to an activating group) is 1. The fraction of sp³-hybridized carbons (Fsp3) is 0.600. The summed E-state index contributed by atoms with van der Waals surface area (Å²) in [6.07, 6.45) is -0.214. The SMILES string of the molecule is CCN(CC)[C@@H]1CN(Cc2ccccc2)C[C@H]1O. The van der Waals surface area contributed by atoms with E-state index in [1.807, 2.05) is 6.07 Å². The van der Waals surface area contributed by atoms with Gasteiger partial charge in [0, 0.05) is 25.7 Å². The first-order valence-corrected chi connectivity index (χ1v) is 6.93. The van der Waals surface area contributed by atoms with Crippen LogP contribution in [0.4, 0.5) is 0 Å². The van der Waals surface area contributed by atoms with Gasteiger partial charge in [0.05, 0.1) is 6.10 Å². The topological polar surface area (TPSA) is 26.7 Å². The maximum atomic E-state index is 10.2. The summed E-state index contributed by atoms with van der Waals surface area (Å²) in [6, 6.07) is 10.8. The van der Waals surface area contributed by atoms with Crippen LogP contribution in [0, 0.1) is 0 Å². The largest absolute Gasteiger partial charge is 0.390 e. The first-order chi connectivity index (χ1) is 8.74. The second kappa shape index (κ2) is 6.32. The first-order valence-electron chi connectivity index (χ1n) is 6.93. The number of benzene rings is 1. The molecule has 2 rings (SSSR count). The molecule has 1 N–H and O–H groups in total. The summed E-state index contributed by atoms with van der Waals surface area (Å²) >= 11 is 0. The molecule has 0 spiro atoms. The highest BCUT2D eigenvalue weighted by atomic mass is 16.3. The van der Waals surface area contributed by atoms with Crippen molar-refractivity contribution in [1.82, 2.24) is 9.80 Å². The molecule has 3 nitrogen and oxygen atoms in total. The van der Waals surface area contributed by atoms with Crippen molar-refractivity contribution in [2.24, 2.45) is 0 Å². The number of hydrogen-bond acceptors (Lipinski definition) is 3. The Morgan fingerprint density at radius 1 is 1.17 bits per heavy atom. The van der Waals surface area contributed by atoms with E-state index >= 15 is 0 Å². The summed E-state index contributed by atoms with van der Waals surface area (Å²) in [5, 5.41) is 10.2. The van der Waals surface area contributed by atoms with E-state index in [2.05, 4.69) is 47.9 Å². The van der Waals surface area contributed by atoms with Crippen molar-refractivity contribution < 1.29 is 5.11 Å². The van der Waals surface area contributed by atoms with Crippen LogP contribution in [0.3, 0.4) is 0 Å². The summed E-state index contributed by atoms with van der Waals surface area (Å²) < 4.78 is 0. The number of β-amino-alcohol motifs (C(OH)–C–C–N with tert-alkyl or cyclic N) is 1. The zero-order valence-corrected chi connectivity index (χ0v) is 11.4. The minimum Gasteiger partial charge on any atom is -0.390 e. The number of aliphatic hydroxyl groups is 1. The van der Waals surface area contributed by atoms with Crippen LogP contribution in [-0.2, 0) is 6.54 Å². The van der Waals surface area contributed by atoms with Crippen molar-refractivity contribution in [1.29, 1.82) is 0 Å². The van der Waals surface area contributed by atoms with Gasteiger partial charge in [-0.25, -0.2) is 0 Å². The van der Waals surface area contributed by atoms with Crippen LogP contribution in [-0.4, -0.2) is 53.2 Å². The molecule has 1 fully saturated rings. The Bertz CT molecular complexity index is 351. The van der Waals surface area contributed by atoms with E-state index in [9.17, 15) is 5.11 Å². The Hall–Kier alpha value is -0.900. The Morgan fingerprint density at radius 2 is 1.83 bits per heavy atom.